The summed E-state index contributed by atoms with van der Waals surface area (Å²) in [6.07, 6.45) is 5.24. The quantitative estimate of drug-likeness (QED) is 0.473. The van der Waals surface area contributed by atoms with Gasteiger partial charge in [0.25, 0.3) is 5.69 Å². The number of allylic oxidation sites excluding steroid dienone is 2. The van der Waals surface area contributed by atoms with Crippen LogP contribution >= 0.6 is 11.6 Å². The first-order valence-corrected chi connectivity index (χ1v) is 8.52. The van der Waals surface area contributed by atoms with Crippen molar-refractivity contribution in [3.8, 4) is 5.75 Å². The molecule has 2 aromatic carbocycles. The molecule has 0 aromatic heterocycles. The van der Waals surface area contributed by atoms with Crippen molar-refractivity contribution in [2.24, 2.45) is 5.92 Å². The second-order valence-corrected chi connectivity index (χ2v) is 6.77. The van der Waals surface area contributed by atoms with Crippen molar-refractivity contribution in [1.29, 1.82) is 0 Å². The molecule has 3 atom stereocenters. The van der Waals surface area contributed by atoms with E-state index in [4.69, 9.17) is 16.3 Å². The van der Waals surface area contributed by atoms with E-state index in [-0.39, 0.29) is 28.5 Å². The summed E-state index contributed by atoms with van der Waals surface area (Å²) in [5.74, 6) is 1.16. The molecule has 0 bridgehead atoms. The number of methoxy groups -OCH3 is 1. The van der Waals surface area contributed by atoms with Crippen LogP contribution in [0.25, 0.3) is 0 Å². The maximum atomic E-state index is 11.1. The largest absolute Gasteiger partial charge is 0.495 e. The molecule has 0 amide bonds. The average molecular weight is 357 g/mol. The lowest BCUT2D eigenvalue weighted by molar-refractivity contribution is -0.384. The fourth-order valence-corrected chi connectivity index (χ4v) is 4.25. The van der Waals surface area contributed by atoms with Crippen LogP contribution in [0.4, 0.5) is 11.4 Å². The first-order chi connectivity index (χ1) is 12.1. The Morgan fingerprint density at radius 2 is 2.16 bits per heavy atom. The third kappa shape index (κ3) is 2.55. The van der Waals surface area contributed by atoms with Gasteiger partial charge in [-0.1, -0.05) is 35.9 Å². The molecule has 1 heterocycles. The minimum Gasteiger partial charge on any atom is -0.495 e. The lowest BCUT2D eigenvalue weighted by Gasteiger charge is -2.38. The Kier molecular flexibility index (Phi) is 3.88. The fraction of sp³-hybridized carbons (Fsp3) is 0.263. The number of hydrogen-bond acceptors (Lipinski definition) is 4. The molecular weight excluding hydrogens is 340 g/mol. The predicted molar refractivity (Wildman–Crippen MR) is 97.5 cm³/mol. The van der Waals surface area contributed by atoms with E-state index in [1.807, 2.05) is 18.2 Å². The maximum absolute atomic E-state index is 11.1. The summed E-state index contributed by atoms with van der Waals surface area (Å²) in [4.78, 5) is 10.8. The molecule has 0 unspecified atom stereocenters. The monoisotopic (exact) mass is 356 g/mol. The summed E-state index contributed by atoms with van der Waals surface area (Å²) < 4.78 is 5.51. The summed E-state index contributed by atoms with van der Waals surface area (Å²) in [7, 11) is 1.63. The normalized spacial score (nSPS) is 23.5. The number of non-ortho nitro benzene ring substituents is 1. The molecule has 1 aliphatic heterocycles. The van der Waals surface area contributed by atoms with Crippen molar-refractivity contribution in [2.45, 2.75) is 18.4 Å². The third-order valence-corrected chi connectivity index (χ3v) is 5.42. The van der Waals surface area contributed by atoms with Crippen LogP contribution in [0.5, 0.6) is 5.75 Å². The van der Waals surface area contributed by atoms with Gasteiger partial charge in [-0.2, -0.15) is 0 Å². The first-order valence-electron chi connectivity index (χ1n) is 8.14. The van der Waals surface area contributed by atoms with Gasteiger partial charge in [-0.3, -0.25) is 10.1 Å². The van der Waals surface area contributed by atoms with Gasteiger partial charge in [-0.25, -0.2) is 0 Å². The van der Waals surface area contributed by atoms with E-state index >= 15 is 0 Å². The van der Waals surface area contributed by atoms with E-state index in [1.165, 1.54) is 6.07 Å². The number of hydrogen-bond donors (Lipinski definition) is 1. The molecule has 4 rings (SSSR count). The Morgan fingerprint density at radius 3 is 2.92 bits per heavy atom. The highest BCUT2D eigenvalue weighted by Gasteiger charge is 2.40. The molecule has 128 valence electrons. The van der Waals surface area contributed by atoms with E-state index in [2.05, 4.69) is 17.5 Å². The van der Waals surface area contributed by atoms with Gasteiger partial charge in [0, 0.05) is 28.6 Å². The van der Waals surface area contributed by atoms with Crippen molar-refractivity contribution in [2.75, 3.05) is 12.4 Å². The van der Waals surface area contributed by atoms with E-state index < -0.39 is 0 Å². The molecule has 0 fully saturated rings. The predicted octanol–water partition coefficient (Wildman–Crippen LogP) is 5.08. The Morgan fingerprint density at radius 1 is 1.32 bits per heavy atom. The second kappa shape index (κ2) is 6.08. The molecule has 1 N–H and O–H groups in total. The smallest absolute Gasteiger partial charge is 0.269 e. The molecule has 5 nitrogen and oxygen atoms in total. The standard InChI is InChI=1S/C19H17ClN2O3/c1-25-16-9-8-15(20)17-13-6-3-7-14(13)18(21-19(16)17)11-4-2-5-12(10-11)22(23)24/h2-6,8-10,13-14,18,21H,7H2,1H3/t13-,14+,18-/m0/s1. The molecule has 0 saturated heterocycles. The van der Waals surface area contributed by atoms with Crippen molar-refractivity contribution in [3.05, 3.63) is 74.8 Å². The third-order valence-electron chi connectivity index (χ3n) is 5.09. The molecule has 2 aromatic rings. The van der Waals surface area contributed by atoms with Crippen LogP contribution in [0, 0.1) is 16.0 Å². The van der Waals surface area contributed by atoms with Crippen LogP contribution in [0.1, 0.15) is 29.5 Å². The summed E-state index contributed by atoms with van der Waals surface area (Å²) in [6.45, 7) is 0. The maximum Gasteiger partial charge on any atom is 0.269 e. The van der Waals surface area contributed by atoms with Crippen LogP contribution < -0.4 is 10.1 Å². The number of nitro benzene ring substituents is 1. The highest BCUT2D eigenvalue weighted by atomic mass is 35.5. The van der Waals surface area contributed by atoms with Crippen LogP contribution in [-0.2, 0) is 0 Å². The number of nitrogens with one attached hydrogen (secondary N) is 1. The second-order valence-electron chi connectivity index (χ2n) is 6.37. The Labute approximate surface area is 150 Å². The lowest BCUT2D eigenvalue weighted by Crippen LogP contribution is -2.29. The fourth-order valence-electron chi connectivity index (χ4n) is 3.97. The van der Waals surface area contributed by atoms with E-state index in [0.29, 0.717) is 5.02 Å². The number of ether oxygens (including phenoxy) is 1. The minimum atomic E-state index is -0.359. The van der Waals surface area contributed by atoms with Crippen molar-refractivity contribution in [1.82, 2.24) is 0 Å². The highest BCUT2D eigenvalue weighted by Crippen LogP contribution is 2.54. The number of rotatable bonds is 3. The van der Waals surface area contributed by atoms with E-state index in [0.717, 1.165) is 29.0 Å². The van der Waals surface area contributed by atoms with Crippen molar-refractivity contribution >= 4 is 23.0 Å². The molecule has 0 radical (unpaired) electrons. The number of nitrogens with zero attached hydrogens (tertiary/aromatic N) is 1. The summed E-state index contributed by atoms with van der Waals surface area (Å²) >= 11 is 6.48. The Bertz CT molecular complexity index is 881. The molecule has 2 aliphatic rings. The van der Waals surface area contributed by atoms with Crippen LogP contribution in [0.2, 0.25) is 5.02 Å². The SMILES string of the molecule is COc1ccc(Cl)c2c1N[C@@H](c1cccc([N+](=O)[O-])c1)[C@@H]1CC=C[C@H]21. The molecule has 1 aliphatic carbocycles. The molecular formula is C19H17ClN2O3. The van der Waals surface area contributed by atoms with Gasteiger partial charge in [0.05, 0.1) is 23.8 Å². The summed E-state index contributed by atoms with van der Waals surface area (Å²) in [5.41, 5.74) is 2.92. The number of halogens is 1. The van der Waals surface area contributed by atoms with Crippen molar-refractivity contribution in [3.63, 3.8) is 0 Å². The number of benzene rings is 2. The number of anilines is 1. The zero-order valence-electron chi connectivity index (χ0n) is 13.6. The lowest BCUT2D eigenvalue weighted by atomic mass is 9.77. The van der Waals surface area contributed by atoms with Gasteiger partial charge in [0.2, 0.25) is 0 Å². The van der Waals surface area contributed by atoms with Crippen molar-refractivity contribution < 1.29 is 9.66 Å². The Balaban J connectivity index is 1.84. The van der Waals surface area contributed by atoms with Gasteiger partial charge >= 0.3 is 0 Å². The Hall–Kier alpha value is -2.53. The number of fused-ring (bicyclic) bond motifs is 3. The summed E-state index contributed by atoms with van der Waals surface area (Å²) in [5, 5.41) is 15.4. The van der Waals surface area contributed by atoms with Gasteiger partial charge in [-0.05, 0) is 30.0 Å². The van der Waals surface area contributed by atoms with Gasteiger partial charge < -0.3 is 10.1 Å². The van der Waals surface area contributed by atoms with Crippen LogP contribution in [0.15, 0.2) is 48.6 Å². The van der Waals surface area contributed by atoms with E-state index in [1.54, 1.807) is 19.2 Å². The molecule has 0 spiro atoms. The molecule has 6 heteroatoms. The van der Waals surface area contributed by atoms with Crippen LogP contribution in [0.3, 0.4) is 0 Å². The topological polar surface area (TPSA) is 64.4 Å². The molecule has 0 saturated carbocycles. The van der Waals surface area contributed by atoms with Gasteiger partial charge in [-0.15, -0.1) is 0 Å². The van der Waals surface area contributed by atoms with Gasteiger partial charge in [0.1, 0.15) is 5.75 Å². The zero-order chi connectivity index (χ0) is 17.6. The van der Waals surface area contributed by atoms with E-state index in [9.17, 15) is 10.1 Å². The highest BCUT2D eigenvalue weighted by molar-refractivity contribution is 6.32. The first kappa shape index (κ1) is 16.0. The average Bonchev–Trinajstić information content (AvgIpc) is 3.11. The molecule has 25 heavy (non-hydrogen) atoms. The zero-order valence-corrected chi connectivity index (χ0v) is 14.4. The number of nitro groups is 1. The minimum absolute atomic E-state index is 0.0419. The van der Waals surface area contributed by atoms with Crippen LogP contribution in [-0.4, -0.2) is 12.0 Å². The van der Waals surface area contributed by atoms with Gasteiger partial charge in [0.15, 0.2) is 0 Å². The summed E-state index contributed by atoms with van der Waals surface area (Å²) in [6, 6.07) is 10.5.